The van der Waals surface area contributed by atoms with Gasteiger partial charge in [0.25, 0.3) is 0 Å². The summed E-state index contributed by atoms with van der Waals surface area (Å²) in [6.07, 6.45) is 13.6. The Hall–Kier alpha value is -0.0800. The molecule has 0 aromatic heterocycles. The smallest absolute Gasteiger partial charge is 0.0303 e. The number of likely N-dealkylation sites (N-methyl/N-ethyl adjacent to an activating group) is 1. The normalized spacial score (nSPS) is 26.7. The summed E-state index contributed by atoms with van der Waals surface area (Å²) in [6.45, 7) is 7.85. The molecule has 1 rings (SSSR count). The molecule has 2 nitrogen and oxygen atoms in total. The second-order valence-electron chi connectivity index (χ2n) is 7.39. The molecule has 1 unspecified atom stereocenters. The van der Waals surface area contributed by atoms with Gasteiger partial charge in [0, 0.05) is 18.1 Å². The van der Waals surface area contributed by atoms with Crippen LogP contribution in [-0.2, 0) is 0 Å². The zero-order valence-corrected chi connectivity index (χ0v) is 14.5. The van der Waals surface area contributed by atoms with Gasteiger partial charge in [-0.25, -0.2) is 0 Å². The number of rotatable bonds is 9. The Morgan fingerprint density at radius 2 is 1.65 bits per heavy atom. The van der Waals surface area contributed by atoms with Crippen molar-refractivity contribution < 1.29 is 0 Å². The Labute approximate surface area is 127 Å². The molecule has 0 heterocycles. The van der Waals surface area contributed by atoms with Gasteiger partial charge < -0.3 is 5.73 Å². The fourth-order valence-electron chi connectivity index (χ4n) is 3.60. The van der Waals surface area contributed by atoms with Crippen LogP contribution < -0.4 is 5.73 Å². The molecule has 20 heavy (non-hydrogen) atoms. The summed E-state index contributed by atoms with van der Waals surface area (Å²) in [4.78, 5) is 2.62. The van der Waals surface area contributed by atoms with Crippen LogP contribution in [0, 0.1) is 5.92 Å². The van der Waals surface area contributed by atoms with E-state index in [-0.39, 0.29) is 5.54 Å². The number of hydrogen-bond donors (Lipinski definition) is 1. The first-order valence-electron chi connectivity index (χ1n) is 8.96. The van der Waals surface area contributed by atoms with Gasteiger partial charge in [0.1, 0.15) is 0 Å². The largest absolute Gasteiger partial charge is 0.329 e. The van der Waals surface area contributed by atoms with Crippen LogP contribution >= 0.6 is 0 Å². The van der Waals surface area contributed by atoms with E-state index in [4.69, 9.17) is 5.73 Å². The first-order chi connectivity index (χ1) is 9.53. The average Bonchev–Trinajstić information content (AvgIpc) is 2.47. The van der Waals surface area contributed by atoms with Crippen molar-refractivity contribution in [2.75, 3.05) is 13.6 Å². The first kappa shape index (κ1) is 18.0. The highest BCUT2D eigenvalue weighted by Crippen LogP contribution is 2.32. The molecule has 120 valence electrons. The van der Waals surface area contributed by atoms with Crippen LogP contribution in [0.25, 0.3) is 0 Å². The predicted molar refractivity (Wildman–Crippen MR) is 90.0 cm³/mol. The van der Waals surface area contributed by atoms with Crippen molar-refractivity contribution in [2.45, 2.75) is 96.6 Å². The lowest BCUT2D eigenvalue weighted by Gasteiger charge is -2.45. The van der Waals surface area contributed by atoms with E-state index in [0.29, 0.717) is 0 Å². The van der Waals surface area contributed by atoms with Gasteiger partial charge in [0.15, 0.2) is 0 Å². The summed E-state index contributed by atoms with van der Waals surface area (Å²) < 4.78 is 0. The van der Waals surface area contributed by atoms with E-state index < -0.39 is 0 Å². The van der Waals surface area contributed by atoms with Crippen LogP contribution in [0.4, 0.5) is 0 Å². The number of unbranched alkanes of at least 4 members (excludes halogenated alkanes) is 4. The van der Waals surface area contributed by atoms with Crippen LogP contribution in [0.2, 0.25) is 0 Å². The summed E-state index contributed by atoms with van der Waals surface area (Å²) in [6, 6.07) is 0.760. The van der Waals surface area contributed by atoms with Gasteiger partial charge in [0.05, 0.1) is 0 Å². The molecule has 0 aliphatic heterocycles. The Morgan fingerprint density at radius 1 is 1.05 bits per heavy atom. The summed E-state index contributed by atoms with van der Waals surface area (Å²) >= 11 is 0. The first-order valence-corrected chi connectivity index (χ1v) is 8.96. The lowest BCUT2D eigenvalue weighted by molar-refractivity contribution is 0.0545. The van der Waals surface area contributed by atoms with E-state index in [0.717, 1.165) is 18.5 Å². The monoisotopic (exact) mass is 282 g/mol. The minimum atomic E-state index is 0.206. The van der Waals surface area contributed by atoms with E-state index in [9.17, 15) is 0 Å². The molecule has 2 N–H and O–H groups in total. The minimum absolute atomic E-state index is 0.206. The molecular weight excluding hydrogens is 244 g/mol. The van der Waals surface area contributed by atoms with Crippen molar-refractivity contribution in [1.82, 2.24) is 4.90 Å². The second-order valence-corrected chi connectivity index (χ2v) is 7.39. The van der Waals surface area contributed by atoms with Gasteiger partial charge in [-0.15, -0.1) is 0 Å². The van der Waals surface area contributed by atoms with E-state index in [1.54, 1.807) is 0 Å². The molecule has 2 heteroatoms. The molecule has 1 fully saturated rings. The summed E-state index contributed by atoms with van der Waals surface area (Å²) in [5, 5.41) is 0. The zero-order valence-electron chi connectivity index (χ0n) is 14.5. The van der Waals surface area contributed by atoms with Crippen molar-refractivity contribution >= 4 is 0 Å². The van der Waals surface area contributed by atoms with E-state index in [2.05, 4.69) is 32.7 Å². The number of nitrogens with zero attached hydrogens (tertiary/aromatic N) is 1. The predicted octanol–water partition coefficient (Wildman–Crippen LogP) is 4.57. The van der Waals surface area contributed by atoms with Crippen molar-refractivity contribution in [3.63, 3.8) is 0 Å². The Morgan fingerprint density at radius 3 is 2.20 bits per heavy atom. The van der Waals surface area contributed by atoms with Gasteiger partial charge in [-0.05, 0) is 52.0 Å². The standard InChI is InChI=1S/C18H38N2/c1-5-6-7-8-9-14-18(3,15-19)20(4)17-12-10-16(2)11-13-17/h16-17H,5-15,19H2,1-4H3. The van der Waals surface area contributed by atoms with Crippen LogP contribution in [0.5, 0.6) is 0 Å². The van der Waals surface area contributed by atoms with Crippen molar-refractivity contribution in [3.05, 3.63) is 0 Å². The van der Waals surface area contributed by atoms with Gasteiger partial charge in [0.2, 0.25) is 0 Å². The maximum absolute atomic E-state index is 6.14. The zero-order chi connectivity index (χ0) is 15.0. The molecular formula is C18H38N2. The van der Waals surface area contributed by atoms with Crippen molar-refractivity contribution in [1.29, 1.82) is 0 Å². The molecule has 0 amide bonds. The van der Waals surface area contributed by atoms with Gasteiger partial charge in [-0.2, -0.15) is 0 Å². The number of nitrogens with two attached hydrogens (primary N) is 1. The Bertz CT molecular complexity index is 246. The molecule has 0 bridgehead atoms. The molecule has 0 saturated heterocycles. The van der Waals surface area contributed by atoms with E-state index >= 15 is 0 Å². The molecule has 1 atom stereocenters. The summed E-state index contributed by atoms with van der Waals surface area (Å²) in [5.41, 5.74) is 6.35. The highest BCUT2D eigenvalue weighted by Gasteiger charge is 2.33. The topological polar surface area (TPSA) is 29.3 Å². The maximum Gasteiger partial charge on any atom is 0.0303 e. The molecule has 0 radical (unpaired) electrons. The fraction of sp³-hybridized carbons (Fsp3) is 1.00. The van der Waals surface area contributed by atoms with E-state index in [1.165, 1.54) is 64.2 Å². The van der Waals surface area contributed by atoms with Gasteiger partial charge in [-0.3, -0.25) is 4.90 Å². The summed E-state index contributed by atoms with van der Waals surface area (Å²) in [7, 11) is 2.32. The van der Waals surface area contributed by atoms with E-state index in [1.807, 2.05) is 0 Å². The lowest BCUT2D eigenvalue weighted by atomic mass is 9.83. The van der Waals surface area contributed by atoms with Crippen LogP contribution in [-0.4, -0.2) is 30.1 Å². The molecule has 1 aliphatic carbocycles. The molecule has 0 aromatic carbocycles. The average molecular weight is 283 g/mol. The maximum atomic E-state index is 6.14. The van der Waals surface area contributed by atoms with Gasteiger partial charge >= 0.3 is 0 Å². The van der Waals surface area contributed by atoms with Gasteiger partial charge in [-0.1, -0.05) is 46.0 Å². The Kier molecular flexibility index (Phi) is 8.13. The summed E-state index contributed by atoms with van der Waals surface area (Å²) in [5.74, 6) is 0.929. The SMILES string of the molecule is CCCCCCCC(C)(CN)N(C)C1CCC(C)CC1. The molecule has 0 spiro atoms. The minimum Gasteiger partial charge on any atom is -0.329 e. The third kappa shape index (κ3) is 5.37. The third-order valence-electron chi connectivity index (χ3n) is 5.64. The van der Waals surface area contributed by atoms with Crippen molar-refractivity contribution in [3.8, 4) is 0 Å². The highest BCUT2D eigenvalue weighted by molar-refractivity contribution is 4.90. The quantitative estimate of drug-likeness (QED) is 0.627. The van der Waals surface area contributed by atoms with Crippen LogP contribution in [0.1, 0.15) is 85.0 Å². The fourth-order valence-corrected chi connectivity index (χ4v) is 3.60. The third-order valence-corrected chi connectivity index (χ3v) is 5.64. The Balaban J connectivity index is 2.40. The highest BCUT2D eigenvalue weighted by atomic mass is 15.2. The molecule has 1 saturated carbocycles. The van der Waals surface area contributed by atoms with Crippen molar-refractivity contribution in [2.24, 2.45) is 11.7 Å². The second kappa shape index (κ2) is 9.04. The molecule has 0 aromatic rings. The number of hydrogen-bond acceptors (Lipinski definition) is 2. The lowest BCUT2D eigenvalue weighted by Crippen LogP contribution is -2.54. The van der Waals surface area contributed by atoms with Crippen LogP contribution in [0.15, 0.2) is 0 Å². The molecule has 1 aliphatic rings. The van der Waals surface area contributed by atoms with Crippen LogP contribution in [0.3, 0.4) is 0 Å².